The normalized spacial score (nSPS) is 18.4. The van der Waals surface area contributed by atoms with Crippen LogP contribution in [0.4, 0.5) is 0 Å². The number of rotatable bonds is 13. The van der Waals surface area contributed by atoms with Crippen molar-refractivity contribution in [3.63, 3.8) is 0 Å². The summed E-state index contributed by atoms with van der Waals surface area (Å²) in [4.78, 5) is 0. The number of hydrogen-bond donors (Lipinski definition) is 0. The molecule has 0 aliphatic carbocycles. The second kappa shape index (κ2) is 11.1. The van der Waals surface area contributed by atoms with Gasteiger partial charge in [0.1, 0.15) is 18.5 Å². The van der Waals surface area contributed by atoms with Crippen LogP contribution in [0.15, 0.2) is 54.6 Å². The van der Waals surface area contributed by atoms with E-state index in [4.69, 9.17) is 14.2 Å². The fraction of sp³-hybridized carbons (Fsp3) is 0.500. The fourth-order valence-electron chi connectivity index (χ4n) is 3.27. The Morgan fingerprint density at radius 1 is 0.852 bits per heavy atom. The molecule has 2 unspecified atom stereocenters. The Labute approximate surface area is 163 Å². The molecule has 0 N–H and O–H groups in total. The van der Waals surface area contributed by atoms with Crippen molar-refractivity contribution in [2.45, 2.75) is 64.3 Å². The second-order valence-corrected chi connectivity index (χ2v) is 7.31. The van der Waals surface area contributed by atoms with Crippen LogP contribution in [0, 0.1) is 0 Å². The molecule has 0 bridgehead atoms. The van der Waals surface area contributed by atoms with Gasteiger partial charge >= 0.3 is 0 Å². The van der Waals surface area contributed by atoms with E-state index in [1.807, 2.05) is 18.2 Å². The van der Waals surface area contributed by atoms with Crippen molar-refractivity contribution in [2.24, 2.45) is 0 Å². The maximum Gasteiger partial charge on any atom is 0.119 e. The van der Waals surface area contributed by atoms with Crippen LogP contribution < -0.4 is 4.74 Å². The van der Waals surface area contributed by atoms with Gasteiger partial charge in [-0.1, -0.05) is 62.2 Å². The van der Waals surface area contributed by atoms with Gasteiger partial charge in [-0.15, -0.1) is 0 Å². The quantitative estimate of drug-likeness (QED) is 0.342. The molecule has 2 aromatic carbocycles. The van der Waals surface area contributed by atoms with Crippen LogP contribution in [0.5, 0.6) is 5.75 Å². The average molecular weight is 369 g/mol. The lowest BCUT2D eigenvalue weighted by Crippen LogP contribution is -2.06. The highest BCUT2D eigenvalue weighted by atomic mass is 16.6. The average Bonchev–Trinajstić information content (AvgIpc) is 3.45. The molecule has 3 heteroatoms. The third-order valence-electron chi connectivity index (χ3n) is 4.97. The lowest BCUT2D eigenvalue weighted by atomic mass is 10.1. The van der Waals surface area contributed by atoms with E-state index in [0.717, 1.165) is 31.8 Å². The zero-order valence-electron chi connectivity index (χ0n) is 16.4. The molecule has 1 saturated heterocycles. The van der Waals surface area contributed by atoms with Crippen molar-refractivity contribution in [1.82, 2.24) is 0 Å². The molecule has 1 fully saturated rings. The summed E-state index contributed by atoms with van der Waals surface area (Å²) in [5, 5.41) is 0. The first-order chi connectivity index (χ1) is 13.3. The Balaban J connectivity index is 1.22. The van der Waals surface area contributed by atoms with Crippen LogP contribution in [0.2, 0.25) is 0 Å². The molecule has 3 nitrogen and oxygen atoms in total. The number of hydrogen-bond acceptors (Lipinski definition) is 3. The van der Waals surface area contributed by atoms with E-state index >= 15 is 0 Å². The standard InChI is InChI=1S/C24H32O3/c1-2-9-23-24(27-23)19-25-17-8-4-7-10-20-13-15-22(16-14-20)26-18-21-11-5-3-6-12-21/h3,5-6,11-16,23-24H,2,4,7-10,17-19H2,1H3. The Bertz CT molecular complexity index is 638. The topological polar surface area (TPSA) is 31.0 Å². The highest BCUT2D eigenvalue weighted by Crippen LogP contribution is 2.26. The summed E-state index contributed by atoms with van der Waals surface area (Å²) < 4.78 is 17.1. The van der Waals surface area contributed by atoms with E-state index in [-0.39, 0.29) is 0 Å². The van der Waals surface area contributed by atoms with Crippen molar-refractivity contribution in [3.8, 4) is 5.75 Å². The third-order valence-corrected chi connectivity index (χ3v) is 4.97. The molecule has 0 radical (unpaired) electrons. The van der Waals surface area contributed by atoms with Gasteiger partial charge in [0.05, 0.1) is 12.7 Å². The summed E-state index contributed by atoms with van der Waals surface area (Å²) in [6.07, 6.45) is 7.85. The molecule has 0 saturated carbocycles. The minimum Gasteiger partial charge on any atom is -0.489 e. The molecule has 0 amide bonds. The first-order valence-corrected chi connectivity index (χ1v) is 10.3. The van der Waals surface area contributed by atoms with E-state index in [0.29, 0.717) is 18.8 Å². The molecule has 2 atom stereocenters. The van der Waals surface area contributed by atoms with Crippen LogP contribution in [-0.4, -0.2) is 25.4 Å². The van der Waals surface area contributed by atoms with E-state index in [9.17, 15) is 0 Å². The molecular weight excluding hydrogens is 336 g/mol. The maximum atomic E-state index is 5.84. The van der Waals surface area contributed by atoms with Gasteiger partial charge in [0.25, 0.3) is 0 Å². The molecule has 1 aliphatic rings. The summed E-state index contributed by atoms with van der Waals surface area (Å²) >= 11 is 0. The Kier molecular flexibility index (Phi) is 8.19. The predicted octanol–water partition coefficient (Wildman–Crippen LogP) is 5.56. The van der Waals surface area contributed by atoms with Gasteiger partial charge in [-0.05, 0) is 48.9 Å². The molecule has 3 rings (SSSR count). The van der Waals surface area contributed by atoms with Gasteiger partial charge in [-0.25, -0.2) is 0 Å². The Morgan fingerprint density at radius 2 is 1.67 bits per heavy atom. The van der Waals surface area contributed by atoms with Gasteiger partial charge in [0, 0.05) is 6.61 Å². The summed E-state index contributed by atoms with van der Waals surface area (Å²) in [7, 11) is 0. The highest BCUT2D eigenvalue weighted by molar-refractivity contribution is 5.27. The third kappa shape index (κ3) is 7.36. The summed E-state index contributed by atoms with van der Waals surface area (Å²) in [5.41, 5.74) is 2.56. The van der Waals surface area contributed by atoms with Crippen LogP contribution in [0.1, 0.15) is 50.2 Å². The molecular formula is C24H32O3. The predicted molar refractivity (Wildman–Crippen MR) is 109 cm³/mol. The lowest BCUT2D eigenvalue weighted by Gasteiger charge is -2.07. The summed E-state index contributed by atoms with van der Waals surface area (Å²) in [6.45, 7) is 4.44. The highest BCUT2D eigenvalue weighted by Gasteiger charge is 2.37. The molecule has 146 valence electrons. The molecule has 1 heterocycles. The van der Waals surface area contributed by atoms with Crippen molar-refractivity contribution < 1.29 is 14.2 Å². The molecule has 27 heavy (non-hydrogen) atoms. The van der Waals surface area contributed by atoms with Gasteiger partial charge < -0.3 is 14.2 Å². The van der Waals surface area contributed by atoms with Crippen LogP contribution in [0.3, 0.4) is 0 Å². The van der Waals surface area contributed by atoms with E-state index in [1.54, 1.807) is 0 Å². The summed E-state index contributed by atoms with van der Waals surface area (Å²) in [6, 6.07) is 18.8. The number of unbranched alkanes of at least 4 members (excludes halogenated alkanes) is 2. The van der Waals surface area contributed by atoms with Crippen LogP contribution >= 0.6 is 0 Å². The first kappa shape index (κ1) is 19.9. The van der Waals surface area contributed by atoms with Crippen molar-refractivity contribution in [3.05, 3.63) is 65.7 Å². The molecule has 0 aromatic heterocycles. The number of aryl methyl sites for hydroxylation is 1. The van der Waals surface area contributed by atoms with Crippen LogP contribution in [-0.2, 0) is 22.5 Å². The minimum atomic E-state index is 0.368. The number of epoxide rings is 1. The smallest absolute Gasteiger partial charge is 0.119 e. The molecule has 1 aliphatic heterocycles. The Morgan fingerprint density at radius 3 is 2.44 bits per heavy atom. The minimum absolute atomic E-state index is 0.368. The van der Waals surface area contributed by atoms with Gasteiger partial charge in [-0.3, -0.25) is 0 Å². The van der Waals surface area contributed by atoms with E-state index in [2.05, 4.69) is 43.3 Å². The zero-order valence-corrected chi connectivity index (χ0v) is 16.4. The van der Waals surface area contributed by atoms with E-state index < -0.39 is 0 Å². The second-order valence-electron chi connectivity index (χ2n) is 7.31. The number of ether oxygens (including phenoxy) is 3. The molecule has 2 aromatic rings. The Hall–Kier alpha value is -1.84. The number of benzene rings is 2. The monoisotopic (exact) mass is 368 g/mol. The zero-order chi connectivity index (χ0) is 18.7. The molecule has 0 spiro atoms. The fourth-order valence-corrected chi connectivity index (χ4v) is 3.27. The van der Waals surface area contributed by atoms with Crippen molar-refractivity contribution in [1.29, 1.82) is 0 Å². The van der Waals surface area contributed by atoms with Crippen molar-refractivity contribution >= 4 is 0 Å². The van der Waals surface area contributed by atoms with Crippen LogP contribution in [0.25, 0.3) is 0 Å². The van der Waals surface area contributed by atoms with Gasteiger partial charge in [0.15, 0.2) is 0 Å². The SMILES string of the molecule is CCCC1OC1COCCCCCc1ccc(OCc2ccccc2)cc1. The first-order valence-electron chi connectivity index (χ1n) is 10.3. The van der Waals surface area contributed by atoms with Gasteiger partial charge in [0.2, 0.25) is 0 Å². The van der Waals surface area contributed by atoms with Gasteiger partial charge in [-0.2, -0.15) is 0 Å². The van der Waals surface area contributed by atoms with Crippen molar-refractivity contribution in [2.75, 3.05) is 13.2 Å². The largest absolute Gasteiger partial charge is 0.489 e. The van der Waals surface area contributed by atoms with E-state index in [1.165, 1.54) is 36.8 Å². The maximum absolute atomic E-state index is 5.84. The lowest BCUT2D eigenvalue weighted by molar-refractivity contribution is 0.113. The summed E-state index contributed by atoms with van der Waals surface area (Å²) in [5.74, 6) is 0.930.